The van der Waals surface area contributed by atoms with E-state index in [1.807, 2.05) is 0 Å². The predicted molar refractivity (Wildman–Crippen MR) is 112 cm³/mol. The monoisotopic (exact) mass is 433 g/mol. The zero-order chi connectivity index (χ0) is 19.9. The molecule has 3 heterocycles. The fourth-order valence-electron chi connectivity index (χ4n) is 2.66. The Morgan fingerprint density at radius 3 is 2.68 bits per heavy atom. The molecule has 0 aliphatic carbocycles. The summed E-state index contributed by atoms with van der Waals surface area (Å²) in [5.74, 6) is 1.10. The van der Waals surface area contributed by atoms with Crippen LogP contribution in [0.25, 0.3) is 21.5 Å². The number of fused-ring (bicyclic) bond motifs is 1. The molecule has 3 aromatic heterocycles. The minimum Gasteiger partial charge on any atom is -0.469 e. The van der Waals surface area contributed by atoms with E-state index in [2.05, 4.69) is 42.0 Å². The molecule has 1 aromatic carbocycles. The third-order valence-corrected chi connectivity index (χ3v) is 6.17. The van der Waals surface area contributed by atoms with E-state index in [4.69, 9.17) is 32.5 Å². The zero-order valence-electron chi connectivity index (χ0n) is 15.5. The van der Waals surface area contributed by atoms with E-state index >= 15 is 0 Å². The number of benzene rings is 1. The van der Waals surface area contributed by atoms with Crippen molar-refractivity contribution in [3.05, 3.63) is 57.3 Å². The van der Waals surface area contributed by atoms with E-state index in [1.54, 1.807) is 35.6 Å². The summed E-state index contributed by atoms with van der Waals surface area (Å²) in [6.45, 7) is 6.71. The lowest BCUT2D eigenvalue weighted by Gasteiger charge is -2.14. The van der Waals surface area contributed by atoms with Gasteiger partial charge in [0.2, 0.25) is 5.88 Å². The molecule has 5 nitrogen and oxygen atoms in total. The summed E-state index contributed by atoms with van der Waals surface area (Å²) in [5, 5.41) is 6.06. The van der Waals surface area contributed by atoms with Gasteiger partial charge >= 0.3 is 0 Å². The molecule has 0 aliphatic heterocycles. The van der Waals surface area contributed by atoms with Gasteiger partial charge in [-0.1, -0.05) is 49.1 Å². The third-order valence-electron chi connectivity index (χ3n) is 4.15. The second kappa shape index (κ2) is 7.35. The van der Waals surface area contributed by atoms with Gasteiger partial charge in [-0.25, -0.2) is 9.97 Å². The van der Waals surface area contributed by atoms with E-state index in [1.165, 1.54) is 11.2 Å². The Bertz CT molecular complexity index is 1150. The molecule has 0 saturated carbocycles. The molecule has 4 rings (SSSR count). The van der Waals surface area contributed by atoms with E-state index in [0.717, 1.165) is 15.8 Å². The van der Waals surface area contributed by atoms with Gasteiger partial charge < -0.3 is 9.26 Å². The van der Waals surface area contributed by atoms with E-state index in [0.29, 0.717) is 27.4 Å². The molecule has 0 spiro atoms. The van der Waals surface area contributed by atoms with Gasteiger partial charge in [-0.3, -0.25) is 0 Å². The van der Waals surface area contributed by atoms with Gasteiger partial charge in [0.1, 0.15) is 16.9 Å². The Hall–Kier alpha value is -2.15. The van der Waals surface area contributed by atoms with Crippen LogP contribution >= 0.6 is 34.5 Å². The van der Waals surface area contributed by atoms with Gasteiger partial charge in [-0.05, 0) is 29.7 Å². The number of hydrogen-bond donors (Lipinski definition) is 0. The smallest absolute Gasteiger partial charge is 0.225 e. The molecule has 0 atom stereocenters. The number of rotatable bonds is 4. The zero-order valence-corrected chi connectivity index (χ0v) is 17.8. The molecule has 28 heavy (non-hydrogen) atoms. The van der Waals surface area contributed by atoms with Crippen molar-refractivity contribution < 1.29 is 9.26 Å². The van der Waals surface area contributed by atoms with Crippen molar-refractivity contribution in [2.45, 2.75) is 32.8 Å². The number of ether oxygens (including phenoxy) is 1. The normalized spacial score (nSPS) is 11.9. The van der Waals surface area contributed by atoms with E-state index in [-0.39, 0.29) is 12.0 Å². The second-order valence-electron chi connectivity index (χ2n) is 7.35. The van der Waals surface area contributed by atoms with E-state index < -0.39 is 0 Å². The minimum absolute atomic E-state index is 0.0420. The summed E-state index contributed by atoms with van der Waals surface area (Å²) >= 11 is 13.8. The standard InChI is InChI=1S/C20H17Cl2N3O2S/c1-20(2,3)17-8-14-18(23-10-24-19(14)28-17)26-9-12-7-16(25-27-12)13-5-4-11(21)6-15(13)22/h4-8,10H,9H2,1-3H3. The second-order valence-corrected chi connectivity index (χ2v) is 9.22. The van der Waals surface area contributed by atoms with Gasteiger partial charge in [0.15, 0.2) is 12.4 Å². The highest BCUT2D eigenvalue weighted by Crippen LogP contribution is 2.36. The first kappa shape index (κ1) is 19.2. The average molecular weight is 434 g/mol. The van der Waals surface area contributed by atoms with Crippen LogP contribution in [0.4, 0.5) is 0 Å². The van der Waals surface area contributed by atoms with Gasteiger partial charge in [-0.2, -0.15) is 0 Å². The fourth-order valence-corrected chi connectivity index (χ4v) is 4.22. The van der Waals surface area contributed by atoms with Crippen LogP contribution < -0.4 is 4.74 Å². The third kappa shape index (κ3) is 3.85. The van der Waals surface area contributed by atoms with Crippen LogP contribution in [0.1, 0.15) is 31.4 Å². The van der Waals surface area contributed by atoms with Gasteiger partial charge in [-0.15, -0.1) is 11.3 Å². The largest absolute Gasteiger partial charge is 0.469 e. The van der Waals surface area contributed by atoms with Crippen LogP contribution in [0, 0.1) is 0 Å². The Morgan fingerprint density at radius 2 is 1.93 bits per heavy atom. The molecule has 8 heteroatoms. The Kier molecular flexibility index (Phi) is 5.04. The molecule has 0 bridgehead atoms. The predicted octanol–water partition coefficient (Wildman–Crippen LogP) is 6.53. The van der Waals surface area contributed by atoms with Crippen LogP contribution in [0.15, 0.2) is 41.2 Å². The lowest BCUT2D eigenvalue weighted by molar-refractivity contribution is 0.244. The first-order valence-corrected chi connectivity index (χ1v) is 10.2. The van der Waals surface area contributed by atoms with Crippen LogP contribution in [-0.2, 0) is 12.0 Å². The highest BCUT2D eigenvalue weighted by molar-refractivity contribution is 7.18. The van der Waals surface area contributed by atoms with Crippen molar-refractivity contribution in [2.24, 2.45) is 0 Å². The molecule has 144 valence electrons. The summed E-state index contributed by atoms with van der Waals surface area (Å²) in [6.07, 6.45) is 1.51. The summed E-state index contributed by atoms with van der Waals surface area (Å²) in [5.41, 5.74) is 1.41. The molecule has 0 N–H and O–H groups in total. The number of aromatic nitrogens is 3. The van der Waals surface area contributed by atoms with Crippen LogP contribution in [0.2, 0.25) is 10.0 Å². The maximum atomic E-state index is 6.24. The molecule has 0 saturated heterocycles. The Labute approximate surface area is 176 Å². The SMILES string of the molecule is CC(C)(C)c1cc2c(OCc3cc(-c4ccc(Cl)cc4Cl)no3)ncnc2s1. The Morgan fingerprint density at radius 1 is 1.11 bits per heavy atom. The summed E-state index contributed by atoms with van der Waals surface area (Å²) in [7, 11) is 0. The fraction of sp³-hybridized carbons (Fsp3) is 0.250. The number of nitrogens with zero attached hydrogens (tertiary/aromatic N) is 3. The highest BCUT2D eigenvalue weighted by Gasteiger charge is 2.20. The first-order valence-electron chi connectivity index (χ1n) is 8.60. The summed E-state index contributed by atoms with van der Waals surface area (Å²) in [6, 6.07) is 9.12. The first-order chi connectivity index (χ1) is 13.3. The molecule has 0 unspecified atom stereocenters. The number of thiophene rings is 1. The van der Waals surface area contributed by atoms with Crippen molar-refractivity contribution in [3.63, 3.8) is 0 Å². The highest BCUT2D eigenvalue weighted by atomic mass is 35.5. The molecular weight excluding hydrogens is 417 g/mol. The molecule has 0 fully saturated rings. The van der Waals surface area contributed by atoms with E-state index in [9.17, 15) is 0 Å². The quantitative estimate of drug-likeness (QED) is 0.366. The molecule has 0 radical (unpaired) electrons. The van der Waals surface area contributed by atoms with Crippen LogP contribution in [0.3, 0.4) is 0 Å². The molecule has 4 aromatic rings. The number of halogens is 2. The average Bonchev–Trinajstić information content (AvgIpc) is 3.26. The van der Waals surface area contributed by atoms with Gasteiger partial charge in [0.05, 0.1) is 10.4 Å². The maximum absolute atomic E-state index is 6.24. The van der Waals surface area contributed by atoms with Crippen molar-refractivity contribution in [1.29, 1.82) is 0 Å². The van der Waals surface area contributed by atoms with Crippen molar-refractivity contribution in [3.8, 4) is 17.1 Å². The molecule has 0 amide bonds. The summed E-state index contributed by atoms with van der Waals surface area (Å²) in [4.78, 5) is 10.8. The van der Waals surface area contributed by atoms with Gasteiger partial charge in [0, 0.05) is 21.5 Å². The maximum Gasteiger partial charge on any atom is 0.225 e. The number of hydrogen-bond acceptors (Lipinski definition) is 6. The van der Waals surface area contributed by atoms with Crippen LogP contribution in [0.5, 0.6) is 5.88 Å². The van der Waals surface area contributed by atoms with Crippen LogP contribution in [-0.4, -0.2) is 15.1 Å². The van der Waals surface area contributed by atoms with Gasteiger partial charge in [0.25, 0.3) is 0 Å². The van der Waals surface area contributed by atoms with Crippen molar-refractivity contribution in [2.75, 3.05) is 0 Å². The Balaban J connectivity index is 1.55. The molecular formula is C20H17Cl2N3O2S. The minimum atomic E-state index is 0.0420. The van der Waals surface area contributed by atoms with Crippen molar-refractivity contribution in [1.82, 2.24) is 15.1 Å². The molecule has 0 aliphatic rings. The van der Waals surface area contributed by atoms with Crippen molar-refractivity contribution >= 4 is 44.8 Å². The lowest BCUT2D eigenvalue weighted by Crippen LogP contribution is -2.07. The topological polar surface area (TPSA) is 61.0 Å². The lowest BCUT2D eigenvalue weighted by atomic mass is 9.94. The summed E-state index contributed by atoms with van der Waals surface area (Å²) < 4.78 is 11.3.